The fourth-order valence-corrected chi connectivity index (χ4v) is 5.09. The lowest BCUT2D eigenvalue weighted by Crippen LogP contribution is -2.43. The van der Waals surface area contributed by atoms with E-state index in [4.69, 9.17) is 8.85 Å². The highest BCUT2D eigenvalue weighted by Gasteiger charge is 2.39. The van der Waals surface area contributed by atoms with E-state index in [1.807, 2.05) is 18.2 Å². The van der Waals surface area contributed by atoms with E-state index in [9.17, 15) is 5.11 Å². The Labute approximate surface area is 201 Å². The number of aliphatic hydroxyl groups excluding tert-OH is 1. The highest BCUT2D eigenvalue weighted by molar-refractivity contribution is 6.74. The Kier molecular flexibility index (Phi) is 13.5. The molecule has 186 valence electrons. The molecule has 32 heavy (non-hydrogen) atoms. The van der Waals surface area contributed by atoms with Crippen molar-refractivity contribution >= 4 is 16.6 Å². The quantitative estimate of drug-likeness (QED) is 0.164. The summed E-state index contributed by atoms with van der Waals surface area (Å²) in [4.78, 5) is 0. The van der Waals surface area contributed by atoms with Crippen molar-refractivity contribution in [1.29, 1.82) is 0 Å². The molecule has 0 aromatic rings. The van der Waals surface area contributed by atoms with E-state index in [0.29, 0.717) is 6.42 Å². The van der Waals surface area contributed by atoms with Gasteiger partial charge in [-0.15, -0.1) is 0 Å². The second-order valence-electron chi connectivity index (χ2n) is 11.6. The Hall–Kier alpha value is -0.726. The summed E-state index contributed by atoms with van der Waals surface area (Å²) in [6, 6.07) is 0. The molecule has 0 radical (unpaired) electrons. The fraction of sp³-hybridized carbons (Fsp3) is 0.704. The van der Waals surface area contributed by atoms with Gasteiger partial charge in [-0.3, -0.25) is 0 Å². The van der Waals surface area contributed by atoms with Crippen molar-refractivity contribution in [2.75, 3.05) is 6.61 Å². The van der Waals surface area contributed by atoms with Gasteiger partial charge in [-0.2, -0.15) is 0 Å². The van der Waals surface area contributed by atoms with Crippen LogP contribution in [0.25, 0.3) is 0 Å². The van der Waals surface area contributed by atoms with Crippen LogP contribution in [0.4, 0.5) is 0 Å². The molecule has 0 aromatic carbocycles. The van der Waals surface area contributed by atoms with Crippen molar-refractivity contribution in [1.82, 2.24) is 0 Å². The molecule has 5 heteroatoms. The molecule has 0 fully saturated rings. The van der Waals surface area contributed by atoms with Gasteiger partial charge in [0.2, 0.25) is 0 Å². The van der Waals surface area contributed by atoms with Crippen molar-refractivity contribution in [2.45, 2.75) is 116 Å². The lowest BCUT2D eigenvalue weighted by atomic mass is 10.2. The molecular formula is C27H52O3Si2. The average Bonchev–Trinajstić information content (AvgIpc) is 2.62. The molecule has 0 aliphatic carbocycles. The van der Waals surface area contributed by atoms with Gasteiger partial charge in [-0.25, -0.2) is 0 Å². The minimum Gasteiger partial charge on any atom is -0.410 e. The molecule has 0 amide bonds. The van der Waals surface area contributed by atoms with Crippen molar-refractivity contribution < 1.29 is 14.0 Å². The van der Waals surface area contributed by atoms with Crippen LogP contribution in [0.1, 0.15) is 67.7 Å². The zero-order valence-corrected chi connectivity index (χ0v) is 24.9. The summed E-state index contributed by atoms with van der Waals surface area (Å²) in [6.45, 7) is 24.9. The normalized spacial score (nSPS) is 16.8. The van der Waals surface area contributed by atoms with Crippen LogP contribution in [0.2, 0.25) is 36.3 Å². The SMILES string of the molecule is CCC=CCC(C=CC=CC=CC(CCO)O[Si](C)(C)C(C)(C)C)O[Si](C)(C)C(C)(C)C. The number of aliphatic hydroxyl groups is 1. The maximum atomic E-state index is 9.43. The van der Waals surface area contributed by atoms with Gasteiger partial charge in [-0.1, -0.05) is 97.1 Å². The molecule has 0 aliphatic heterocycles. The molecule has 0 aliphatic rings. The molecular weight excluding hydrogens is 428 g/mol. The van der Waals surface area contributed by atoms with Crippen molar-refractivity contribution in [3.8, 4) is 0 Å². The first-order chi connectivity index (χ1) is 14.6. The Morgan fingerprint density at radius 2 is 1.16 bits per heavy atom. The average molecular weight is 481 g/mol. The molecule has 0 heterocycles. The van der Waals surface area contributed by atoms with Crippen molar-refractivity contribution in [3.05, 3.63) is 48.6 Å². The lowest BCUT2D eigenvalue weighted by Gasteiger charge is -2.38. The monoisotopic (exact) mass is 480 g/mol. The molecule has 0 rings (SSSR count). The van der Waals surface area contributed by atoms with Crippen molar-refractivity contribution in [3.63, 3.8) is 0 Å². The minimum atomic E-state index is -1.87. The van der Waals surface area contributed by atoms with Gasteiger partial charge in [0.1, 0.15) is 0 Å². The Morgan fingerprint density at radius 1 is 0.719 bits per heavy atom. The summed E-state index contributed by atoms with van der Waals surface area (Å²) in [5.41, 5.74) is 0. The first kappa shape index (κ1) is 31.3. The van der Waals surface area contributed by atoms with E-state index in [2.05, 4.69) is 105 Å². The Morgan fingerprint density at radius 3 is 1.56 bits per heavy atom. The maximum absolute atomic E-state index is 9.43. The molecule has 2 unspecified atom stereocenters. The van der Waals surface area contributed by atoms with E-state index in [1.165, 1.54) is 0 Å². The highest BCUT2D eigenvalue weighted by atomic mass is 28.4. The predicted octanol–water partition coefficient (Wildman–Crippen LogP) is 8.17. The van der Waals surface area contributed by atoms with Crippen LogP contribution >= 0.6 is 0 Å². The van der Waals surface area contributed by atoms with Gasteiger partial charge in [-0.05, 0) is 55.5 Å². The van der Waals surface area contributed by atoms with Crippen LogP contribution in [0.15, 0.2) is 48.6 Å². The van der Waals surface area contributed by atoms with Crippen LogP contribution in [-0.2, 0) is 8.85 Å². The molecule has 0 saturated carbocycles. The summed E-state index contributed by atoms with van der Waals surface area (Å²) in [5, 5.41) is 9.78. The largest absolute Gasteiger partial charge is 0.410 e. The van der Waals surface area contributed by atoms with Crippen LogP contribution in [0.5, 0.6) is 0 Å². The van der Waals surface area contributed by atoms with Crippen LogP contribution in [-0.4, -0.2) is 40.6 Å². The van der Waals surface area contributed by atoms with Gasteiger partial charge in [0.05, 0.1) is 12.2 Å². The number of allylic oxidation sites excluding steroid dienone is 5. The number of hydrogen-bond acceptors (Lipinski definition) is 3. The fourth-order valence-electron chi connectivity index (χ4n) is 2.50. The first-order valence-electron chi connectivity index (χ1n) is 12.2. The predicted molar refractivity (Wildman–Crippen MR) is 147 cm³/mol. The second-order valence-corrected chi connectivity index (χ2v) is 21.1. The van der Waals surface area contributed by atoms with Crippen LogP contribution in [0.3, 0.4) is 0 Å². The molecule has 0 saturated heterocycles. The molecule has 0 bridgehead atoms. The standard InChI is InChI=1S/C27H52O3Si2/c1-12-13-16-19-24(29-31(8,9)26(2,3)4)20-17-14-15-18-21-25(22-23-28)30-32(10,11)27(5,6)7/h13-18,20-21,24-25,28H,12,19,22-23H2,1-11H3. The summed E-state index contributed by atoms with van der Waals surface area (Å²) in [5.74, 6) is 0. The van der Waals surface area contributed by atoms with Crippen LogP contribution < -0.4 is 0 Å². The summed E-state index contributed by atoms with van der Waals surface area (Å²) < 4.78 is 13.1. The summed E-state index contributed by atoms with van der Waals surface area (Å²) >= 11 is 0. The van der Waals surface area contributed by atoms with Crippen molar-refractivity contribution in [2.24, 2.45) is 0 Å². The van der Waals surface area contributed by atoms with Gasteiger partial charge < -0.3 is 14.0 Å². The third-order valence-corrected chi connectivity index (χ3v) is 15.7. The minimum absolute atomic E-state index is 0.0524. The molecule has 2 atom stereocenters. The third kappa shape index (κ3) is 11.9. The Balaban J connectivity index is 5.16. The van der Waals surface area contributed by atoms with Gasteiger partial charge >= 0.3 is 0 Å². The van der Waals surface area contributed by atoms with Gasteiger partial charge in [0.15, 0.2) is 16.6 Å². The van der Waals surface area contributed by atoms with Gasteiger partial charge in [0, 0.05) is 6.61 Å². The van der Waals surface area contributed by atoms with E-state index in [-0.39, 0.29) is 28.9 Å². The van der Waals surface area contributed by atoms with Gasteiger partial charge in [0.25, 0.3) is 0 Å². The molecule has 0 spiro atoms. The smallest absolute Gasteiger partial charge is 0.192 e. The Bertz CT molecular complexity index is 632. The lowest BCUT2D eigenvalue weighted by molar-refractivity contribution is 0.174. The van der Waals surface area contributed by atoms with E-state index < -0.39 is 16.6 Å². The van der Waals surface area contributed by atoms with E-state index in [0.717, 1.165) is 12.8 Å². The second kappa shape index (κ2) is 13.9. The van der Waals surface area contributed by atoms with Crippen LogP contribution in [0, 0.1) is 0 Å². The zero-order chi connectivity index (χ0) is 25.1. The molecule has 0 aromatic heterocycles. The molecule has 1 N–H and O–H groups in total. The van der Waals surface area contributed by atoms with E-state index >= 15 is 0 Å². The highest BCUT2D eigenvalue weighted by Crippen LogP contribution is 2.38. The molecule has 3 nitrogen and oxygen atoms in total. The number of rotatable bonds is 13. The first-order valence-corrected chi connectivity index (χ1v) is 18.0. The topological polar surface area (TPSA) is 38.7 Å². The zero-order valence-electron chi connectivity index (χ0n) is 22.9. The van der Waals surface area contributed by atoms with E-state index in [1.54, 1.807) is 0 Å². The summed E-state index contributed by atoms with van der Waals surface area (Å²) in [6.07, 6.45) is 19.5. The number of hydrogen-bond donors (Lipinski definition) is 1. The summed E-state index contributed by atoms with van der Waals surface area (Å²) in [7, 11) is -3.70. The maximum Gasteiger partial charge on any atom is 0.192 e. The third-order valence-electron chi connectivity index (χ3n) is 6.67.